The van der Waals surface area contributed by atoms with Crippen molar-refractivity contribution >= 4 is 5.78 Å². The van der Waals surface area contributed by atoms with Crippen molar-refractivity contribution in [2.75, 3.05) is 0 Å². The summed E-state index contributed by atoms with van der Waals surface area (Å²) in [6, 6.07) is 0. The Morgan fingerprint density at radius 3 is 3.00 bits per heavy atom. The van der Waals surface area contributed by atoms with Gasteiger partial charge in [-0.1, -0.05) is 12.8 Å². The van der Waals surface area contributed by atoms with Crippen molar-refractivity contribution in [2.24, 2.45) is 29.1 Å². The molecule has 0 saturated heterocycles. The molecule has 5 atom stereocenters. The van der Waals surface area contributed by atoms with Gasteiger partial charge in [-0.25, -0.2) is 0 Å². The van der Waals surface area contributed by atoms with Gasteiger partial charge in [-0.3, -0.25) is 4.79 Å². The minimum Gasteiger partial charge on any atom is -0.299 e. The highest BCUT2D eigenvalue weighted by Crippen LogP contribution is 2.69. The standard InChI is InChI=1S/C14H20O/c15-13-6-7-14-8-9-2-1-3-10(9)11(14)4-5-12(13)14/h9-12H,1-8H2/t9-,10-,11+,12+,14-/m0/s1. The van der Waals surface area contributed by atoms with Gasteiger partial charge in [0.15, 0.2) is 0 Å². The van der Waals surface area contributed by atoms with Crippen LogP contribution in [0.4, 0.5) is 0 Å². The molecule has 0 aromatic rings. The Morgan fingerprint density at radius 1 is 1.13 bits per heavy atom. The molecule has 0 aromatic heterocycles. The highest BCUT2D eigenvalue weighted by molar-refractivity contribution is 5.84. The molecule has 1 nitrogen and oxygen atoms in total. The largest absolute Gasteiger partial charge is 0.299 e. The van der Waals surface area contributed by atoms with Crippen molar-refractivity contribution in [1.29, 1.82) is 0 Å². The van der Waals surface area contributed by atoms with Gasteiger partial charge in [-0.15, -0.1) is 0 Å². The van der Waals surface area contributed by atoms with E-state index in [1.807, 2.05) is 0 Å². The first kappa shape index (κ1) is 8.78. The highest BCUT2D eigenvalue weighted by Gasteiger charge is 2.64. The first-order valence-corrected chi connectivity index (χ1v) is 6.84. The van der Waals surface area contributed by atoms with Crippen LogP contribution in [0.5, 0.6) is 0 Å². The Kier molecular flexibility index (Phi) is 1.56. The van der Waals surface area contributed by atoms with E-state index in [1.165, 1.54) is 44.9 Å². The molecule has 15 heavy (non-hydrogen) atoms. The number of fused-ring (bicyclic) bond motifs is 2. The fourth-order valence-corrected chi connectivity index (χ4v) is 5.92. The van der Waals surface area contributed by atoms with E-state index in [4.69, 9.17) is 0 Å². The molecule has 0 unspecified atom stereocenters. The third-order valence-electron chi connectivity index (χ3n) is 6.30. The molecular weight excluding hydrogens is 184 g/mol. The first-order chi connectivity index (χ1) is 7.31. The van der Waals surface area contributed by atoms with E-state index in [-0.39, 0.29) is 0 Å². The van der Waals surface area contributed by atoms with Gasteiger partial charge in [0.05, 0.1) is 0 Å². The number of ketones is 1. The summed E-state index contributed by atoms with van der Waals surface area (Å²) in [6.45, 7) is 0. The third-order valence-corrected chi connectivity index (χ3v) is 6.30. The number of carbonyl (C=O) groups is 1. The van der Waals surface area contributed by atoms with Crippen molar-refractivity contribution < 1.29 is 4.79 Å². The topological polar surface area (TPSA) is 17.1 Å². The van der Waals surface area contributed by atoms with Crippen LogP contribution < -0.4 is 0 Å². The van der Waals surface area contributed by atoms with Crippen LogP contribution in [0.2, 0.25) is 0 Å². The summed E-state index contributed by atoms with van der Waals surface area (Å²) in [5, 5.41) is 0. The summed E-state index contributed by atoms with van der Waals surface area (Å²) in [6.07, 6.45) is 10.7. The van der Waals surface area contributed by atoms with E-state index in [0.717, 1.165) is 24.2 Å². The first-order valence-electron chi connectivity index (χ1n) is 6.84. The Balaban J connectivity index is 1.75. The summed E-state index contributed by atoms with van der Waals surface area (Å²) in [4.78, 5) is 11.9. The predicted octanol–water partition coefficient (Wildman–Crippen LogP) is 3.18. The van der Waals surface area contributed by atoms with Crippen LogP contribution >= 0.6 is 0 Å². The van der Waals surface area contributed by atoms with Crippen LogP contribution in [0.15, 0.2) is 0 Å². The molecule has 0 heterocycles. The van der Waals surface area contributed by atoms with Crippen LogP contribution in [0.1, 0.15) is 51.4 Å². The lowest BCUT2D eigenvalue weighted by Crippen LogP contribution is -2.26. The Bertz CT molecular complexity index is 321. The van der Waals surface area contributed by atoms with Gasteiger partial charge >= 0.3 is 0 Å². The third kappa shape index (κ3) is 0.893. The molecule has 4 fully saturated rings. The molecule has 0 aliphatic heterocycles. The minimum absolute atomic E-state index is 0.507. The second kappa shape index (κ2) is 2.67. The normalized spacial score (nSPS) is 56.9. The molecular formula is C14H20O. The van der Waals surface area contributed by atoms with Gasteiger partial charge < -0.3 is 0 Å². The molecule has 4 rings (SSSR count). The van der Waals surface area contributed by atoms with E-state index < -0.39 is 0 Å². The summed E-state index contributed by atoms with van der Waals surface area (Å²) < 4.78 is 0. The molecule has 1 spiro atoms. The lowest BCUT2D eigenvalue weighted by molar-refractivity contribution is -0.121. The lowest BCUT2D eigenvalue weighted by Gasteiger charge is -2.30. The van der Waals surface area contributed by atoms with Crippen LogP contribution in [0.3, 0.4) is 0 Å². The second-order valence-electron chi connectivity index (χ2n) is 6.49. The molecule has 0 bridgehead atoms. The molecule has 4 aliphatic rings. The SMILES string of the molecule is O=C1CC[C@]23C[C@@H]4CCC[C@@H]4[C@H]2CC[C@H]13. The maximum Gasteiger partial charge on any atom is 0.136 e. The maximum atomic E-state index is 11.9. The number of Topliss-reactive ketones (excluding diaryl/α,β-unsaturated/α-hetero) is 1. The molecule has 4 saturated carbocycles. The number of hydrogen-bond acceptors (Lipinski definition) is 1. The van der Waals surface area contributed by atoms with Crippen LogP contribution in [-0.4, -0.2) is 5.78 Å². The monoisotopic (exact) mass is 204 g/mol. The molecule has 1 heteroatoms. The molecule has 0 radical (unpaired) electrons. The van der Waals surface area contributed by atoms with Gasteiger partial charge in [0.25, 0.3) is 0 Å². The number of rotatable bonds is 0. The van der Waals surface area contributed by atoms with E-state index in [9.17, 15) is 4.79 Å². The summed E-state index contributed by atoms with van der Waals surface area (Å²) in [5.74, 6) is 4.14. The van der Waals surface area contributed by atoms with Crippen molar-refractivity contribution in [1.82, 2.24) is 0 Å². The van der Waals surface area contributed by atoms with Crippen molar-refractivity contribution in [3.05, 3.63) is 0 Å². The van der Waals surface area contributed by atoms with Crippen molar-refractivity contribution in [2.45, 2.75) is 51.4 Å². The molecule has 0 aromatic carbocycles. The fraction of sp³-hybridized carbons (Fsp3) is 0.929. The highest BCUT2D eigenvalue weighted by atomic mass is 16.1. The number of hydrogen-bond donors (Lipinski definition) is 0. The van der Waals surface area contributed by atoms with E-state index >= 15 is 0 Å². The Morgan fingerprint density at radius 2 is 2.07 bits per heavy atom. The van der Waals surface area contributed by atoms with Gasteiger partial charge in [0, 0.05) is 12.3 Å². The van der Waals surface area contributed by atoms with Gasteiger partial charge in [0.2, 0.25) is 0 Å². The zero-order valence-electron chi connectivity index (χ0n) is 9.37. The molecule has 82 valence electrons. The second-order valence-corrected chi connectivity index (χ2v) is 6.49. The lowest BCUT2D eigenvalue weighted by atomic mass is 9.73. The van der Waals surface area contributed by atoms with E-state index in [1.54, 1.807) is 0 Å². The minimum atomic E-state index is 0.507. The average molecular weight is 204 g/mol. The Labute approximate surface area is 91.6 Å². The zero-order chi connectivity index (χ0) is 10.0. The van der Waals surface area contributed by atoms with Crippen LogP contribution in [0, 0.1) is 29.1 Å². The smallest absolute Gasteiger partial charge is 0.136 e. The summed E-state index contributed by atoms with van der Waals surface area (Å²) in [5.41, 5.74) is 0.535. The maximum absolute atomic E-state index is 11.9. The number of carbonyl (C=O) groups excluding carboxylic acids is 1. The fourth-order valence-electron chi connectivity index (χ4n) is 5.92. The Hall–Kier alpha value is -0.330. The predicted molar refractivity (Wildman–Crippen MR) is 58.3 cm³/mol. The van der Waals surface area contributed by atoms with Gasteiger partial charge in [-0.05, 0) is 55.3 Å². The summed E-state index contributed by atoms with van der Waals surface area (Å²) >= 11 is 0. The average Bonchev–Trinajstić information content (AvgIpc) is 2.86. The van der Waals surface area contributed by atoms with Gasteiger partial charge in [-0.2, -0.15) is 0 Å². The summed E-state index contributed by atoms with van der Waals surface area (Å²) in [7, 11) is 0. The zero-order valence-corrected chi connectivity index (χ0v) is 9.37. The van der Waals surface area contributed by atoms with Gasteiger partial charge in [0.1, 0.15) is 5.78 Å². The van der Waals surface area contributed by atoms with Crippen LogP contribution in [-0.2, 0) is 4.79 Å². The molecule has 0 N–H and O–H groups in total. The molecule has 4 aliphatic carbocycles. The molecule has 0 amide bonds. The quantitative estimate of drug-likeness (QED) is 0.592. The van der Waals surface area contributed by atoms with Crippen molar-refractivity contribution in [3.8, 4) is 0 Å². The van der Waals surface area contributed by atoms with E-state index in [2.05, 4.69) is 0 Å². The van der Waals surface area contributed by atoms with Crippen LogP contribution in [0.25, 0.3) is 0 Å². The van der Waals surface area contributed by atoms with E-state index in [0.29, 0.717) is 17.1 Å². The van der Waals surface area contributed by atoms with Crippen molar-refractivity contribution in [3.63, 3.8) is 0 Å².